The Balaban J connectivity index is 1.98. The molecule has 2 aromatic rings. The van der Waals surface area contributed by atoms with Crippen LogP contribution < -0.4 is 16.4 Å². The Morgan fingerprint density at radius 2 is 1.96 bits per heavy atom. The Hall–Kier alpha value is -2.22. The van der Waals surface area contributed by atoms with Crippen LogP contribution in [0.1, 0.15) is 41.5 Å². The van der Waals surface area contributed by atoms with Crippen molar-refractivity contribution in [1.82, 2.24) is 9.97 Å². The van der Waals surface area contributed by atoms with Gasteiger partial charge in [0, 0.05) is 24.2 Å². The number of rotatable bonds is 4. The highest BCUT2D eigenvalue weighted by molar-refractivity contribution is 6.44. The van der Waals surface area contributed by atoms with Gasteiger partial charge in [-0.15, -0.1) is 0 Å². The van der Waals surface area contributed by atoms with E-state index in [9.17, 15) is 4.79 Å². The molecule has 0 aliphatic carbocycles. The van der Waals surface area contributed by atoms with Gasteiger partial charge in [-0.2, -0.15) is 0 Å². The van der Waals surface area contributed by atoms with E-state index in [0.29, 0.717) is 35.8 Å². The van der Waals surface area contributed by atoms with Crippen LogP contribution in [-0.2, 0) is 0 Å². The van der Waals surface area contributed by atoms with Gasteiger partial charge in [0.15, 0.2) is 17.9 Å². The fraction of sp³-hybridized carbons (Fsp3) is 0.333. The molecule has 1 aromatic heterocycles. The summed E-state index contributed by atoms with van der Waals surface area (Å²) in [7, 11) is 0. The first kappa shape index (κ1) is 19.5. The monoisotopic (exact) mass is 406 g/mol. The average molecular weight is 407 g/mol. The lowest BCUT2D eigenvalue weighted by atomic mass is 9.91. The van der Waals surface area contributed by atoms with Crippen molar-refractivity contribution in [3.05, 3.63) is 45.2 Å². The number of piperidine rings is 1. The Bertz CT molecular complexity index is 905. The Kier molecular flexibility index (Phi) is 5.37. The number of hydrogen-bond acceptors (Lipinski definition) is 7. The summed E-state index contributed by atoms with van der Waals surface area (Å²) in [5.41, 5.74) is 12.5. The molecule has 0 saturated carbocycles. The lowest BCUT2D eigenvalue weighted by molar-refractivity contribution is 0.111. The quantitative estimate of drug-likeness (QED) is 0.529. The molecule has 27 heavy (non-hydrogen) atoms. The predicted molar refractivity (Wildman–Crippen MR) is 108 cm³/mol. The normalized spacial score (nSPS) is 16.2. The van der Waals surface area contributed by atoms with Crippen molar-refractivity contribution in [2.75, 3.05) is 23.7 Å². The molecule has 1 aromatic carbocycles. The second kappa shape index (κ2) is 7.42. The number of aromatic nitrogens is 2. The summed E-state index contributed by atoms with van der Waals surface area (Å²) in [6.45, 7) is 3.31. The second-order valence-electron chi connectivity index (χ2n) is 6.90. The van der Waals surface area contributed by atoms with Crippen molar-refractivity contribution in [1.29, 1.82) is 5.41 Å². The van der Waals surface area contributed by atoms with E-state index in [2.05, 4.69) is 9.97 Å². The highest BCUT2D eigenvalue weighted by Gasteiger charge is 2.29. The third-order valence-electron chi connectivity index (χ3n) is 4.70. The number of carbonyl (C=O) groups is 1. The first-order valence-corrected chi connectivity index (χ1v) is 9.19. The van der Waals surface area contributed by atoms with E-state index in [0.717, 1.165) is 12.8 Å². The summed E-state index contributed by atoms with van der Waals surface area (Å²) in [5.74, 6) is 0.462. The number of nitrogens with one attached hydrogen (secondary N) is 1. The Labute approximate surface area is 167 Å². The molecule has 5 N–H and O–H groups in total. The molecule has 0 bridgehead atoms. The molecule has 7 nitrogen and oxygen atoms in total. The maximum absolute atomic E-state index is 11.6. The third-order valence-corrected chi connectivity index (χ3v) is 5.52. The van der Waals surface area contributed by atoms with Crippen LogP contribution in [0, 0.1) is 5.41 Å². The first-order chi connectivity index (χ1) is 12.7. The number of hydrogen-bond donors (Lipinski definition) is 3. The van der Waals surface area contributed by atoms with Gasteiger partial charge in [0.05, 0.1) is 15.8 Å². The lowest BCUT2D eigenvalue weighted by Gasteiger charge is -2.37. The minimum Gasteiger partial charge on any atom is -0.382 e. The predicted octanol–water partition coefficient (Wildman–Crippen LogP) is 2.91. The molecule has 142 valence electrons. The van der Waals surface area contributed by atoms with E-state index in [1.807, 2.05) is 11.8 Å². The summed E-state index contributed by atoms with van der Waals surface area (Å²) in [6.07, 6.45) is 2.15. The van der Waals surface area contributed by atoms with Crippen molar-refractivity contribution in [3.63, 3.8) is 0 Å². The number of nitrogens with zero attached hydrogens (tertiary/aromatic N) is 3. The van der Waals surface area contributed by atoms with E-state index < -0.39 is 0 Å². The van der Waals surface area contributed by atoms with Crippen molar-refractivity contribution in [2.45, 2.75) is 25.3 Å². The molecule has 1 saturated heterocycles. The van der Waals surface area contributed by atoms with Gasteiger partial charge in [-0.1, -0.05) is 35.3 Å². The molecule has 3 rings (SSSR count). The van der Waals surface area contributed by atoms with Gasteiger partial charge in [0.25, 0.3) is 0 Å². The molecule has 1 fully saturated rings. The van der Waals surface area contributed by atoms with Crippen molar-refractivity contribution in [3.8, 4) is 0 Å². The Morgan fingerprint density at radius 3 is 2.59 bits per heavy atom. The lowest BCUT2D eigenvalue weighted by Crippen LogP contribution is -2.48. The first-order valence-electron chi connectivity index (χ1n) is 8.43. The van der Waals surface area contributed by atoms with E-state index in [4.69, 9.17) is 40.1 Å². The van der Waals surface area contributed by atoms with Crippen LogP contribution >= 0.6 is 23.2 Å². The van der Waals surface area contributed by atoms with Crippen LogP contribution in [0.4, 0.5) is 11.6 Å². The number of anilines is 2. The van der Waals surface area contributed by atoms with E-state index in [1.54, 1.807) is 18.2 Å². The maximum atomic E-state index is 11.6. The molecule has 0 radical (unpaired) electrons. The van der Waals surface area contributed by atoms with E-state index in [-0.39, 0.29) is 33.5 Å². The standard InChI is InChI=1S/C18H20Cl2N6O/c1-18(23)5-7-26(8-6-18)17-12(9-27)24-15(16(22)25-17)14(21)10-3-2-4-11(19)13(10)20/h2-4,9,21H,5-8,23H2,1H3,(H2,22,25). The summed E-state index contributed by atoms with van der Waals surface area (Å²) in [6, 6.07) is 4.93. The number of nitrogen functional groups attached to an aromatic ring is 1. The largest absolute Gasteiger partial charge is 0.382 e. The fourth-order valence-corrected chi connectivity index (χ4v) is 3.40. The molecule has 2 heterocycles. The summed E-state index contributed by atoms with van der Waals surface area (Å²) < 4.78 is 0. The SMILES string of the molecule is CC1(N)CCN(c2nc(N)c(C(=N)c3cccc(Cl)c3Cl)nc2C=O)CC1. The zero-order chi connectivity index (χ0) is 19.8. The second-order valence-corrected chi connectivity index (χ2v) is 7.69. The van der Waals surface area contributed by atoms with E-state index in [1.165, 1.54) is 0 Å². The highest BCUT2D eigenvalue weighted by Crippen LogP contribution is 2.30. The fourth-order valence-electron chi connectivity index (χ4n) is 3.00. The van der Waals surface area contributed by atoms with Crippen LogP contribution in [-0.4, -0.2) is 40.6 Å². The molecule has 9 heteroatoms. The minimum atomic E-state index is -0.234. The molecule has 1 aliphatic rings. The molecule has 0 amide bonds. The van der Waals surface area contributed by atoms with Crippen molar-refractivity contribution >= 4 is 46.8 Å². The van der Waals surface area contributed by atoms with Crippen molar-refractivity contribution < 1.29 is 4.79 Å². The zero-order valence-electron chi connectivity index (χ0n) is 14.8. The molecule has 0 atom stereocenters. The van der Waals surface area contributed by atoms with E-state index >= 15 is 0 Å². The number of benzene rings is 1. The minimum absolute atomic E-state index is 0.0460. The smallest absolute Gasteiger partial charge is 0.172 e. The number of nitrogens with two attached hydrogens (primary N) is 2. The van der Waals surface area contributed by atoms with Gasteiger partial charge in [-0.3, -0.25) is 10.2 Å². The van der Waals surface area contributed by atoms with Crippen LogP contribution in [0.3, 0.4) is 0 Å². The topological polar surface area (TPSA) is 122 Å². The van der Waals surface area contributed by atoms with Crippen LogP contribution in [0.5, 0.6) is 0 Å². The highest BCUT2D eigenvalue weighted by atomic mass is 35.5. The molecular formula is C18H20Cl2N6O. The number of carbonyl (C=O) groups excluding carboxylic acids is 1. The van der Waals surface area contributed by atoms with Gasteiger partial charge in [-0.25, -0.2) is 9.97 Å². The maximum Gasteiger partial charge on any atom is 0.172 e. The third kappa shape index (κ3) is 3.90. The van der Waals surface area contributed by atoms with Crippen LogP contribution in [0.15, 0.2) is 18.2 Å². The molecule has 0 spiro atoms. The average Bonchev–Trinajstić information content (AvgIpc) is 2.63. The summed E-state index contributed by atoms with van der Waals surface area (Å²) in [5, 5.41) is 8.95. The number of halogens is 2. The molecule has 1 aliphatic heterocycles. The summed E-state index contributed by atoms with van der Waals surface area (Å²) >= 11 is 12.2. The van der Waals surface area contributed by atoms with Crippen LogP contribution in [0.2, 0.25) is 10.0 Å². The van der Waals surface area contributed by atoms with Gasteiger partial charge in [0.2, 0.25) is 0 Å². The van der Waals surface area contributed by atoms with Gasteiger partial charge in [0.1, 0.15) is 11.4 Å². The summed E-state index contributed by atoms with van der Waals surface area (Å²) in [4.78, 5) is 22.2. The Morgan fingerprint density at radius 1 is 1.30 bits per heavy atom. The molecule has 0 unspecified atom stereocenters. The van der Waals surface area contributed by atoms with Gasteiger partial charge < -0.3 is 16.4 Å². The van der Waals surface area contributed by atoms with Gasteiger partial charge >= 0.3 is 0 Å². The number of aldehydes is 1. The van der Waals surface area contributed by atoms with Crippen LogP contribution in [0.25, 0.3) is 0 Å². The van der Waals surface area contributed by atoms with Gasteiger partial charge in [-0.05, 0) is 25.8 Å². The molecular weight excluding hydrogens is 387 g/mol. The van der Waals surface area contributed by atoms with Crippen molar-refractivity contribution in [2.24, 2.45) is 5.73 Å². The zero-order valence-corrected chi connectivity index (χ0v) is 16.3.